The monoisotopic (exact) mass is 670 g/mol. The molecule has 0 bridgehead atoms. The zero-order valence-electron chi connectivity index (χ0n) is 29.7. The zero-order chi connectivity index (χ0) is 35.1. The van der Waals surface area contributed by atoms with Crippen LogP contribution in [0.5, 0.6) is 0 Å². The first kappa shape index (κ1) is 35.2. The molecule has 0 radical (unpaired) electrons. The molecular formula is C40H53F3O5. The fraction of sp³-hybridized carbons (Fsp3) is 0.725. The minimum Gasteiger partial charge on any atom is -0.460 e. The average molecular weight is 671 g/mol. The first-order valence-electron chi connectivity index (χ1n) is 17.9. The van der Waals surface area contributed by atoms with Gasteiger partial charge in [0.05, 0.1) is 11.3 Å². The Balaban J connectivity index is 1.29. The van der Waals surface area contributed by atoms with Crippen molar-refractivity contribution in [3.05, 3.63) is 47.5 Å². The van der Waals surface area contributed by atoms with Crippen molar-refractivity contribution < 1.29 is 37.0 Å². The molecule has 5 aliphatic rings. The summed E-state index contributed by atoms with van der Waals surface area (Å²) < 4.78 is 49.4. The number of benzene rings is 1. The molecule has 8 heteroatoms. The van der Waals surface area contributed by atoms with Crippen LogP contribution in [0.1, 0.15) is 112 Å². The predicted molar refractivity (Wildman–Crippen MR) is 176 cm³/mol. The third-order valence-electron chi connectivity index (χ3n) is 15.0. The third-order valence-corrected chi connectivity index (χ3v) is 15.0. The Labute approximate surface area is 283 Å². The molecule has 0 heterocycles. The van der Waals surface area contributed by atoms with Crippen LogP contribution in [0.15, 0.2) is 42.0 Å². The van der Waals surface area contributed by atoms with E-state index in [2.05, 4.69) is 27.7 Å². The topological polar surface area (TPSA) is 69.7 Å². The molecule has 1 aromatic carbocycles. The zero-order valence-corrected chi connectivity index (χ0v) is 29.7. The van der Waals surface area contributed by atoms with Crippen LogP contribution in [-0.4, -0.2) is 30.5 Å². The van der Waals surface area contributed by atoms with E-state index in [1.165, 1.54) is 5.57 Å². The molecule has 4 fully saturated rings. The maximum Gasteiger partial charge on any atom is 0.422 e. The highest BCUT2D eigenvalue weighted by molar-refractivity contribution is 5.96. The lowest BCUT2D eigenvalue weighted by Gasteiger charge is -2.70. The van der Waals surface area contributed by atoms with E-state index in [1.54, 1.807) is 0 Å². The SMILES string of the molecule is CC1(C)[C@@H](C(=O)OCC(F)(F)F)CC[C@]2(C)[C@H]3C(=O)C=C4[C@@H]5C[C@@](C)(C(=O)OCc6ccccc6)CC[C@]5(C)CC[C@@]4(C)[C@]3(C)CC[C@@H]12. The second kappa shape index (κ2) is 11.4. The summed E-state index contributed by atoms with van der Waals surface area (Å²) in [6.07, 6.45) is 4.26. The molecular weight excluding hydrogens is 617 g/mol. The highest BCUT2D eigenvalue weighted by Gasteiger charge is 2.70. The van der Waals surface area contributed by atoms with Gasteiger partial charge in [0.1, 0.15) is 6.61 Å². The number of ketones is 1. The van der Waals surface area contributed by atoms with E-state index in [4.69, 9.17) is 9.47 Å². The van der Waals surface area contributed by atoms with Gasteiger partial charge in [0, 0.05) is 5.92 Å². The number of allylic oxidation sites excluding steroid dienone is 2. The number of esters is 2. The van der Waals surface area contributed by atoms with Gasteiger partial charge in [0.25, 0.3) is 0 Å². The van der Waals surface area contributed by atoms with Crippen LogP contribution in [0.3, 0.4) is 0 Å². The number of ether oxygens (including phenoxy) is 2. The number of hydrogen-bond acceptors (Lipinski definition) is 5. The molecule has 0 saturated heterocycles. The summed E-state index contributed by atoms with van der Waals surface area (Å²) >= 11 is 0. The number of alkyl halides is 3. The van der Waals surface area contributed by atoms with E-state index in [-0.39, 0.29) is 52.4 Å². The van der Waals surface area contributed by atoms with Crippen molar-refractivity contribution in [1.82, 2.24) is 0 Å². The molecule has 0 unspecified atom stereocenters. The molecule has 1 aromatic rings. The Hall–Kier alpha value is -2.64. The summed E-state index contributed by atoms with van der Waals surface area (Å²) in [4.78, 5) is 41.4. The van der Waals surface area contributed by atoms with Crippen molar-refractivity contribution in [3.63, 3.8) is 0 Å². The van der Waals surface area contributed by atoms with Crippen LogP contribution in [0.25, 0.3) is 0 Å². The van der Waals surface area contributed by atoms with E-state index >= 15 is 0 Å². The molecule has 0 amide bonds. The van der Waals surface area contributed by atoms with Crippen LogP contribution < -0.4 is 0 Å². The number of carbonyl (C=O) groups is 3. The molecule has 264 valence electrons. The lowest BCUT2D eigenvalue weighted by Crippen LogP contribution is -2.66. The van der Waals surface area contributed by atoms with Crippen LogP contribution >= 0.6 is 0 Å². The summed E-state index contributed by atoms with van der Waals surface area (Å²) in [6.45, 7) is 13.9. The van der Waals surface area contributed by atoms with Gasteiger partial charge in [-0.05, 0) is 115 Å². The molecule has 0 N–H and O–H groups in total. The third kappa shape index (κ3) is 5.37. The van der Waals surface area contributed by atoms with Crippen molar-refractivity contribution in [3.8, 4) is 0 Å². The van der Waals surface area contributed by atoms with Gasteiger partial charge < -0.3 is 9.47 Å². The standard InChI is InChI=1S/C40H53F3O5/c1-34(2)26(32(45)48-24-40(41,42)43)13-15-37(5)30(34)14-16-39(7)31(37)29(44)21-27-28-22-36(4,18-17-35(28,3)19-20-38(27,39)6)33(46)47-23-25-11-9-8-10-12-25/h8-12,21,26,28,30-31H,13-20,22-24H2,1-7H3/t26-,28+,30+,31-,35-,36+,37+,38-,39-/m1/s1. The van der Waals surface area contributed by atoms with Crippen LogP contribution in [0.4, 0.5) is 13.2 Å². The Morgan fingerprint density at radius 2 is 1.52 bits per heavy atom. The summed E-state index contributed by atoms with van der Waals surface area (Å²) in [5.41, 5.74) is -0.115. The Bertz CT molecular complexity index is 1500. The van der Waals surface area contributed by atoms with E-state index in [9.17, 15) is 27.6 Å². The van der Waals surface area contributed by atoms with E-state index in [0.717, 1.165) is 44.1 Å². The second-order valence-electron chi connectivity index (χ2n) is 18.0. The van der Waals surface area contributed by atoms with Gasteiger partial charge >= 0.3 is 18.1 Å². The van der Waals surface area contributed by atoms with Gasteiger partial charge in [0.2, 0.25) is 0 Å². The molecule has 0 aromatic heterocycles. The molecule has 0 spiro atoms. The first-order valence-corrected chi connectivity index (χ1v) is 17.9. The quantitative estimate of drug-likeness (QED) is 0.292. The summed E-state index contributed by atoms with van der Waals surface area (Å²) in [7, 11) is 0. The Morgan fingerprint density at radius 1 is 0.854 bits per heavy atom. The summed E-state index contributed by atoms with van der Waals surface area (Å²) in [5.74, 6) is -1.68. The van der Waals surface area contributed by atoms with E-state index in [1.807, 2.05) is 57.2 Å². The van der Waals surface area contributed by atoms with Gasteiger partial charge in [-0.1, -0.05) is 77.4 Å². The number of fused-ring (bicyclic) bond motifs is 7. The molecule has 6 rings (SSSR count). The second-order valence-corrected chi connectivity index (χ2v) is 18.0. The van der Waals surface area contributed by atoms with Crippen LogP contribution in [-0.2, 0) is 30.5 Å². The highest BCUT2D eigenvalue weighted by Crippen LogP contribution is 2.75. The van der Waals surface area contributed by atoms with Crippen molar-refractivity contribution in [2.45, 2.75) is 119 Å². The fourth-order valence-electron chi connectivity index (χ4n) is 11.9. The van der Waals surface area contributed by atoms with E-state index in [0.29, 0.717) is 19.3 Å². The Kier molecular flexibility index (Phi) is 8.39. The number of rotatable bonds is 5. The minimum atomic E-state index is -4.57. The normalized spacial score (nSPS) is 41.9. The van der Waals surface area contributed by atoms with Crippen molar-refractivity contribution in [1.29, 1.82) is 0 Å². The molecule has 4 saturated carbocycles. The maximum atomic E-state index is 14.7. The molecule has 0 aliphatic heterocycles. The molecule has 48 heavy (non-hydrogen) atoms. The maximum absolute atomic E-state index is 14.7. The molecule has 9 atom stereocenters. The smallest absolute Gasteiger partial charge is 0.422 e. The van der Waals surface area contributed by atoms with Gasteiger partial charge in [-0.25, -0.2) is 0 Å². The van der Waals surface area contributed by atoms with Gasteiger partial charge in [-0.15, -0.1) is 0 Å². The van der Waals surface area contributed by atoms with Crippen molar-refractivity contribution in [2.24, 2.45) is 56.2 Å². The van der Waals surface area contributed by atoms with E-state index < -0.39 is 40.9 Å². The summed E-state index contributed by atoms with van der Waals surface area (Å²) in [6, 6.07) is 9.73. The van der Waals surface area contributed by atoms with Crippen molar-refractivity contribution in [2.75, 3.05) is 6.61 Å². The van der Waals surface area contributed by atoms with Gasteiger partial charge in [-0.3, -0.25) is 14.4 Å². The van der Waals surface area contributed by atoms with Crippen LogP contribution in [0.2, 0.25) is 0 Å². The number of hydrogen-bond donors (Lipinski definition) is 0. The average Bonchev–Trinajstić information content (AvgIpc) is 3.00. The fourth-order valence-corrected chi connectivity index (χ4v) is 11.9. The summed E-state index contributed by atoms with van der Waals surface area (Å²) in [5, 5.41) is 0. The lowest BCUT2D eigenvalue weighted by molar-refractivity contribution is -0.210. The Morgan fingerprint density at radius 3 is 2.19 bits per heavy atom. The molecule has 5 aliphatic carbocycles. The lowest BCUT2D eigenvalue weighted by atomic mass is 9.33. The first-order chi connectivity index (χ1) is 22.2. The van der Waals surface area contributed by atoms with Crippen molar-refractivity contribution >= 4 is 17.7 Å². The van der Waals surface area contributed by atoms with Crippen LogP contribution in [0, 0.1) is 56.2 Å². The largest absolute Gasteiger partial charge is 0.460 e. The predicted octanol–water partition coefficient (Wildman–Crippen LogP) is 9.43. The highest BCUT2D eigenvalue weighted by atomic mass is 19.4. The number of carbonyl (C=O) groups excluding carboxylic acids is 3. The minimum absolute atomic E-state index is 0.00796. The molecule has 5 nitrogen and oxygen atoms in total. The van der Waals surface area contributed by atoms with Gasteiger partial charge in [-0.2, -0.15) is 13.2 Å². The number of halogens is 3. The van der Waals surface area contributed by atoms with Gasteiger partial charge in [0.15, 0.2) is 12.4 Å².